The summed E-state index contributed by atoms with van der Waals surface area (Å²) in [5.41, 5.74) is 0. The molecule has 0 saturated carbocycles. The maximum Gasteiger partial charge on any atom is 0.297 e. The first kappa shape index (κ1) is 10.3. The molecule has 6 heteroatoms. The summed E-state index contributed by atoms with van der Waals surface area (Å²) < 4.78 is 4.99. The lowest BCUT2D eigenvalue weighted by atomic mass is 10.3. The zero-order valence-electron chi connectivity index (χ0n) is 7.20. The van der Waals surface area contributed by atoms with E-state index in [0.717, 1.165) is 0 Å². The summed E-state index contributed by atoms with van der Waals surface area (Å²) >= 11 is 0. The van der Waals surface area contributed by atoms with Gasteiger partial charge in [-0.2, -0.15) is 0 Å². The third-order valence-electron chi connectivity index (χ3n) is 1.34. The van der Waals surface area contributed by atoms with Crippen molar-refractivity contribution in [2.45, 2.75) is 6.29 Å². The van der Waals surface area contributed by atoms with Crippen molar-refractivity contribution in [3.05, 3.63) is 40.4 Å². The maximum atomic E-state index is 9.79. The van der Waals surface area contributed by atoms with Gasteiger partial charge in [-0.05, 0) is 12.1 Å². The lowest BCUT2D eigenvalue weighted by Gasteiger charge is -2.09. The number of para-hydroxylation sites is 1. The van der Waals surface area contributed by atoms with Crippen LogP contribution in [0.15, 0.2) is 30.3 Å². The molecule has 6 nitrogen and oxygen atoms in total. The molecule has 0 amide bonds. The highest BCUT2D eigenvalue weighted by molar-refractivity contribution is 5.20. The fraction of sp³-hybridized carbons (Fsp3) is 0.250. The zero-order valence-corrected chi connectivity index (χ0v) is 7.20. The Kier molecular flexibility index (Phi) is 3.69. The molecule has 1 atom stereocenters. The highest BCUT2D eigenvalue weighted by Crippen LogP contribution is 2.08. The second kappa shape index (κ2) is 5.03. The van der Waals surface area contributed by atoms with Crippen LogP contribution in [0.2, 0.25) is 0 Å². The highest BCUT2D eigenvalue weighted by atomic mass is 17.0. The van der Waals surface area contributed by atoms with Gasteiger partial charge in [0.25, 0.3) is 5.09 Å². The van der Waals surface area contributed by atoms with Crippen LogP contribution in [0.3, 0.4) is 0 Å². The molecule has 0 aliphatic rings. The van der Waals surface area contributed by atoms with Gasteiger partial charge in [0.05, 0.1) is 0 Å². The molecule has 1 unspecified atom stereocenters. The number of aliphatic hydroxyl groups excluding tert-OH is 1. The van der Waals surface area contributed by atoms with E-state index in [2.05, 4.69) is 4.84 Å². The molecule has 0 spiro atoms. The number of ether oxygens (including phenoxy) is 1. The number of rotatable bonds is 5. The van der Waals surface area contributed by atoms with Crippen molar-refractivity contribution < 1.29 is 19.8 Å². The van der Waals surface area contributed by atoms with Gasteiger partial charge in [-0.15, -0.1) is 10.1 Å². The molecule has 1 rings (SSSR count). The van der Waals surface area contributed by atoms with Gasteiger partial charge in [0.15, 0.2) is 0 Å². The second-order valence-corrected chi connectivity index (χ2v) is 2.41. The average molecular weight is 199 g/mol. The van der Waals surface area contributed by atoms with Gasteiger partial charge in [-0.25, -0.2) is 0 Å². The van der Waals surface area contributed by atoms with Crippen LogP contribution >= 0.6 is 0 Å². The molecule has 0 heterocycles. The van der Waals surface area contributed by atoms with E-state index in [0.29, 0.717) is 5.75 Å². The van der Waals surface area contributed by atoms with Crippen molar-refractivity contribution in [3.8, 4) is 5.75 Å². The minimum absolute atomic E-state index is 0.287. The van der Waals surface area contributed by atoms with Crippen LogP contribution in [0, 0.1) is 10.1 Å². The van der Waals surface area contributed by atoms with Gasteiger partial charge in [-0.3, -0.25) is 4.84 Å². The van der Waals surface area contributed by atoms with Gasteiger partial charge >= 0.3 is 0 Å². The molecule has 0 fully saturated rings. The summed E-state index contributed by atoms with van der Waals surface area (Å²) in [5.74, 6) is 0.512. The van der Waals surface area contributed by atoms with Gasteiger partial charge in [0.1, 0.15) is 12.4 Å². The average Bonchev–Trinajstić information content (AvgIpc) is 2.15. The van der Waals surface area contributed by atoms with Crippen LogP contribution in [0.5, 0.6) is 5.75 Å². The predicted octanol–water partition coefficient (Wildman–Crippen LogP) is 0.592. The van der Waals surface area contributed by atoms with Gasteiger partial charge < -0.3 is 9.84 Å². The van der Waals surface area contributed by atoms with Crippen LogP contribution in [-0.4, -0.2) is 23.1 Å². The number of aliphatic hydroxyl groups is 1. The van der Waals surface area contributed by atoms with Crippen LogP contribution in [0.4, 0.5) is 0 Å². The molecule has 0 radical (unpaired) electrons. The first-order chi connectivity index (χ1) is 6.68. The molecular weight excluding hydrogens is 190 g/mol. The van der Waals surface area contributed by atoms with Crippen LogP contribution in [0.1, 0.15) is 0 Å². The topological polar surface area (TPSA) is 81.8 Å². The summed E-state index contributed by atoms with van der Waals surface area (Å²) in [6, 6.07) is 8.63. The Hall–Kier alpha value is -1.82. The molecule has 0 bridgehead atoms. The highest BCUT2D eigenvalue weighted by Gasteiger charge is 2.08. The van der Waals surface area contributed by atoms with E-state index in [1.807, 2.05) is 0 Å². The lowest BCUT2D eigenvalue weighted by molar-refractivity contribution is -0.780. The molecule has 1 aromatic carbocycles. The Bertz CT molecular complexity index is 289. The minimum atomic E-state index is -1.56. The van der Waals surface area contributed by atoms with E-state index in [-0.39, 0.29) is 6.61 Å². The third-order valence-corrected chi connectivity index (χ3v) is 1.34. The zero-order chi connectivity index (χ0) is 10.4. The summed E-state index contributed by atoms with van der Waals surface area (Å²) in [5, 5.41) is 17.6. The van der Waals surface area contributed by atoms with E-state index in [1.165, 1.54) is 0 Å². The molecule has 1 aromatic rings. The summed E-state index contributed by atoms with van der Waals surface area (Å²) in [6.07, 6.45) is -1.56. The SMILES string of the molecule is O=[N+]([O-])OC(O)COc1ccccc1. The molecule has 0 aliphatic heterocycles. The quantitative estimate of drug-likeness (QED) is 0.426. The van der Waals surface area contributed by atoms with Gasteiger partial charge in [0, 0.05) is 0 Å². The second-order valence-electron chi connectivity index (χ2n) is 2.41. The summed E-state index contributed by atoms with van der Waals surface area (Å²) in [4.78, 5) is 13.6. The maximum absolute atomic E-state index is 9.79. The van der Waals surface area contributed by atoms with Crippen LogP contribution < -0.4 is 4.74 Å². The Morgan fingerprint density at radius 2 is 2.07 bits per heavy atom. The monoisotopic (exact) mass is 199 g/mol. The third kappa shape index (κ3) is 3.72. The van der Waals surface area contributed by atoms with E-state index in [9.17, 15) is 10.1 Å². The van der Waals surface area contributed by atoms with Crippen molar-refractivity contribution in [1.82, 2.24) is 0 Å². The number of benzene rings is 1. The number of hydrogen-bond donors (Lipinski definition) is 1. The molecule has 0 saturated heterocycles. The van der Waals surface area contributed by atoms with Crippen molar-refractivity contribution >= 4 is 0 Å². The summed E-state index contributed by atoms with van der Waals surface area (Å²) in [6.45, 7) is -0.287. The van der Waals surface area contributed by atoms with E-state index >= 15 is 0 Å². The van der Waals surface area contributed by atoms with Crippen LogP contribution in [-0.2, 0) is 4.84 Å². The van der Waals surface area contributed by atoms with E-state index in [4.69, 9.17) is 9.84 Å². The molecule has 0 aromatic heterocycles. The Labute approximate surface area is 79.8 Å². The number of hydrogen-bond acceptors (Lipinski definition) is 5. The van der Waals surface area contributed by atoms with Crippen molar-refractivity contribution in [2.75, 3.05) is 6.61 Å². The predicted molar refractivity (Wildman–Crippen MR) is 46.0 cm³/mol. The van der Waals surface area contributed by atoms with Crippen LogP contribution in [0.25, 0.3) is 0 Å². The van der Waals surface area contributed by atoms with E-state index in [1.54, 1.807) is 30.3 Å². The fourth-order valence-electron chi connectivity index (χ4n) is 0.814. The first-order valence-electron chi connectivity index (χ1n) is 3.85. The summed E-state index contributed by atoms with van der Waals surface area (Å²) in [7, 11) is 0. The normalized spacial score (nSPS) is 11.8. The Morgan fingerprint density at radius 3 is 2.64 bits per heavy atom. The largest absolute Gasteiger partial charge is 0.489 e. The molecule has 0 aliphatic carbocycles. The number of nitrogens with zero attached hydrogens (tertiary/aromatic N) is 1. The lowest BCUT2D eigenvalue weighted by Crippen LogP contribution is -2.23. The fourth-order valence-corrected chi connectivity index (χ4v) is 0.814. The Morgan fingerprint density at radius 1 is 1.43 bits per heavy atom. The first-order valence-corrected chi connectivity index (χ1v) is 3.85. The minimum Gasteiger partial charge on any atom is -0.489 e. The molecule has 76 valence electrons. The van der Waals surface area contributed by atoms with Gasteiger partial charge in [-0.1, -0.05) is 18.2 Å². The van der Waals surface area contributed by atoms with Crippen molar-refractivity contribution in [3.63, 3.8) is 0 Å². The molecule has 1 N–H and O–H groups in total. The standard InChI is InChI=1S/C8H9NO5/c10-8(14-9(11)12)6-13-7-4-2-1-3-5-7/h1-5,8,10H,6H2. The molecule has 14 heavy (non-hydrogen) atoms. The Balaban J connectivity index is 2.30. The molecular formula is C8H9NO5. The van der Waals surface area contributed by atoms with Gasteiger partial charge in [0.2, 0.25) is 6.29 Å². The van der Waals surface area contributed by atoms with Crippen molar-refractivity contribution in [1.29, 1.82) is 0 Å². The van der Waals surface area contributed by atoms with Crippen molar-refractivity contribution in [2.24, 2.45) is 0 Å². The van der Waals surface area contributed by atoms with E-state index < -0.39 is 11.4 Å². The smallest absolute Gasteiger partial charge is 0.297 e.